The zero-order valence-corrected chi connectivity index (χ0v) is 33.1. The van der Waals surface area contributed by atoms with Gasteiger partial charge in [-0.15, -0.1) is 0 Å². The van der Waals surface area contributed by atoms with E-state index in [2.05, 4.69) is 17.1 Å². The number of methoxy groups -OCH3 is 1. The number of pyridine rings is 1. The van der Waals surface area contributed by atoms with E-state index in [0.29, 0.717) is 52.0 Å². The van der Waals surface area contributed by atoms with Crippen LogP contribution < -0.4 is 24.3 Å². The van der Waals surface area contributed by atoms with E-state index in [1.165, 1.54) is 18.2 Å². The SMILES string of the molecule is CCN1CCC(COC(=O)C(Nc2ccc(C(=O)O[C@@H](Cc3c(Cl)c[n+]([O-])cc3Cl)c3ccc(OC(F)F)c(OCC4CC4)c3)cc2)c2cccc(OC)c2)CC1. The Morgan fingerprint density at radius 1 is 0.912 bits per heavy atom. The van der Waals surface area contributed by atoms with Crippen LogP contribution in [0.5, 0.6) is 17.2 Å². The molecule has 2 atom stereocenters. The number of carbonyl (C=O) groups is 2. The number of aromatic nitrogens is 1. The van der Waals surface area contributed by atoms with E-state index in [4.69, 9.17) is 46.9 Å². The van der Waals surface area contributed by atoms with Crippen molar-refractivity contribution in [3.05, 3.63) is 117 Å². The topological polar surface area (TPSA) is 123 Å². The number of piperidine rings is 1. The fraction of sp³-hybridized carbons (Fsp3) is 0.405. The first kappa shape index (κ1) is 41.8. The summed E-state index contributed by atoms with van der Waals surface area (Å²) in [6.07, 6.45) is 4.97. The summed E-state index contributed by atoms with van der Waals surface area (Å²) in [5.41, 5.74) is 2.06. The number of ether oxygens (including phenoxy) is 5. The number of hydrogen-bond donors (Lipinski definition) is 1. The lowest BCUT2D eigenvalue weighted by Gasteiger charge is -2.31. The molecule has 2 fully saturated rings. The molecule has 2 aliphatic rings. The average molecular weight is 829 g/mol. The highest BCUT2D eigenvalue weighted by atomic mass is 35.5. The third-order valence-electron chi connectivity index (χ3n) is 10.1. The van der Waals surface area contributed by atoms with Crippen LogP contribution in [0.15, 0.2) is 79.1 Å². The van der Waals surface area contributed by atoms with Crippen molar-refractivity contribution in [2.24, 2.45) is 11.8 Å². The van der Waals surface area contributed by atoms with Crippen molar-refractivity contribution in [2.75, 3.05) is 45.3 Å². The molecule has 304 valence electrons. The van der Waals surface area contributed by atoms with E-state index in [-0.39, 0.29) is 39.4 Å². The Hall–Kier alpha value is -4.85. The Morgan fingerprint density at radius 3 is 2.26 bits per heavy atom. The Balaban J connectivity index is 1.21. The van der Waals surface area contributed by atoms with E-state index >= 15 is 0 Å². The molecule has 1 saturated carbocycles. The van der Waals surface area contributed by atoms with Crippen LogP contribution in [0, 0.1) is 17.0 Å². The molecule has 0 radical (unpaired) electrons. The van der Waals surface area contributed by atoms with E-state index in [1.807, 2.05) is 6.07 Å². The smallest absolute Gasteiger partial charge is 0.387 e. The second-order valence-electron chi connectivity index (χ2n) is 14.2. The molecule has 57 heavy (non-hydrogen) atoms. The number of benzene rings is 3. The maximum Gasteiger partial charge on any atom is 0.387 e. The molecular formula is C42H45Cl2F2N3O8. The van der Waals surface area contributed by atoms with Gasteiger partial charge < -0.3 is 39.1 Å². The van der Waals surface area contributed by atoms with Crippen LogP contribution in [-0.4, -0.2) is 63.4 Å². The predicted octanol–water partition coefficient (Wildman–Crippen LogP) is 8.59. The molecule has 1 saturated heterocycles. The van der Waals surface area contributed by atoms with Gasteiger partial charge in [-0.1, -0.05) is 48.3 Å². The van der Waals surface area contributed by atoms with Gasteiger partial charge in [0.15, 0.2) is 29.9 Å². The third kappa shape index (κ3) is 11.6. The van der Waals surface area contributed by atoms with Crippen LogP contribution in [0.3, 0.4) is 0 Å². The first-order chi connectivity index (χ1) is 27.5. The maximum atomic E-state index is 13.8. The zero-order valence-electron chi connectivity index (χ0n) is 31.6. The number of nitrogens with zero attached hydrogens (tertiary/aromatic N) is 2. The van der Waals surface area contributed by atoms with Crippen LogP contribution >= 0.6 is 23.2 Å². The van der Waals surface area contributed by atoms with Gasteiger partial charge in [-0.25, -0.2) is 9.59 Å². The van der Waals surface area contributed by atoms with Crippen molar-refractivity contribution >= 4 is 40.8 Å². The third-order valence-corrected chi connectivity index (χ3v) is 10.8. The predicted molar refractivity (Wildman–Crippen MR) is 210 cm³/mol. The van der Waals surface area contributed by atoms with Crippen molar-refractivity contribution < 1.29 is 46.8 Å². The minimum Gasteiger partial charge on any atom is -0.619 e. The summed E-state index contributed by atoms with van der Waals surface area (Å²) in [5, 5.41) is 15.3. The number of halogens is 4. The van der Waals surface area contributed by atoms with E-state index in [0.717, 1.165) is 57.7 Å². The van der Waals surface area contributed by atoms with Gasteiger partial charge in [-0.3, -0.25) is 0 Å². The summed E-state index contributed by atoms with van der Waals surface area (Å²) in [7, 11) is 1.55. The highest BCUT2D eigenvalue weighted by Crippen LogP contribution is 2.38. The Labute approximate surface area is 340 Å². The molecule has 0 spiro atoms. The minimum atomic E-state index is -3.09. The van der Waals surface area contributed by atoms with Crippen LogP contribution in [0.1, 0.15) is 71.8 Å². The van der Waals surface area contributed by atoms with Gasteiger partial charge in [0.25, 0.3) is 0 Å². The van der Waals surface area contributed by atoms with Crippen molar-refractivity contribution in [1.82, 2.24) is 4.90 Å². The Morgan fingerprint density at radius 2 is 1.61 bits per heavy atom. The molecule has 1 aliphatic carbocycles. The molecule has 1 aromatic heterocycles. The number of hydrogen-bond acceptors (Lipinski definition) is 10. The molecule has 0 bridgehead atoms. The fourth-order valence-electron chi connectivity index (χ4n) is 6.58. The second kappa shape index (κ2) is 19.5. The van der Waals surface area contributed by atoms with E-state index < -0.39 is 30.7 Å². The number of likely N-dealkylation sites (tertiary alicyclic amines) is 1. The standard InChI is InChI=1S/C42H45Cl2F2N3O8/c1-3-48-17-15-27(16-18-48)25-55-41(51)39(30-5-4-6-32(19-30)53-2)47-31-12-9-28(10-13-31)40(50)56-37(21-33-34(43)22-49(52)23-35(33)44)29-11-14-36(57-42(45)46)38(20-29)54-24-26-7-8-26/h4-6,9-14,19-20,22-23,26-27,37,39,42,47H,3,7-8,15-18,21,24-25H2,1-2H3/t37-,39?/m0/s1. The van der Waals surface area contributed by atoms with Gasteiger partial charge in [0, 0.05) is 17.7 Å². The molecule has 2 heterocycles. The fourth-order valence-corrected chi connectivity index (χ4v) is 7.18. The molecule has 6 rings (SSSR count). The summed E-state index contributed by atoms with van der Waals surface area (Å²) < 4.78 is 54.9. The summed E-state index contributed by atoms with van der Waals surface area (Å²) in [6, 6.07) is 16.9. The first-order valence-electron chi connectivity index (χ1n) is 18.9. The molecular weight excluding hydrogens is 783 g/mol. The summed E-state index contributed by atoms with van der Waals surface area (Å²) in [6.45, 7) is 2.62. The van der Waals surface area contributed by atoms with Crippen LogP contribution in [0.2, 0.25) is 10.0 Å². The van der Waals surface area contributed by atoms with E-state index in [1.54, 1.807) is 49.6 Å². The van der Waals surface area contributed by atoms with Gasteiger partial charge in [0.1, 0.15) is 21.9 Å². The molecule has 15 heteroatoms. The number of esters is 2. The van der Waals surface area contributed by atoms with Crippen molar-refractivity contribution in [1.29, 1.82) is 0 Å². The Kier molecular flexibility index (Phi) is 14.3. The second-order valence-corrected chi connectivity index (χ2v) is 15.0. The molecule has 1 N–H and O–H groups in total. The minimum absolute atomic E-state index is 0.0443. The molecule has 11 nitrogen and oxygen atoms in total. The lowest BCUT2D eigenvalue weighted by Crippen LogP contribution is -2.35. The molecule has 0 amide bonds. The molecule has 1 unspecified atom stereocenters. The van der Waals surface area contributed by atoms with Gasteiger partial charge in [-0.05, 0) is 117 Å². The van der Waals surface area contributed by atoms with Crippen LogP contribution in [-0.2, 0) is 20.7 Å². The number of rotatable bonds is 18. The summed E-state index contributed by atoms with van der Waals surface area (Å²) in [4.78, 5) is 29.8. The van der Waals surface area contributed by atoms with Crippen molar-refractivity contribution in [3.63, 3.8) is 0 Å². The zero-order chi connectivity index (χ0) is 40.5. The Bertz CT molecular complexity index is 1970. The normalized spacial score (nSPS) is 15.8. The number of carbonyl (C=O) groups excluding carboxylic acids is 2. The van der Waals surface area contributed by atoms with Gasteiger partial charge in [0.2, 0.25) is 0 Å². The largest absolute Gasteiger partial charge is 0.619 e. The lowest BCUT2D eigenvalue weighted by atomic mass is 9.98. The molecule has 1 aliphatic heterocycles. The van der Waals surface area contributed by atoms with Crippen molar-refractivity contribution in [3.8, 4) is 17.2 Å². The highest BCUT2D eigenvalue weighted by Gasteiger charge is 2.28. The monoisotopic (exact) mass is 827 g/mol. The van der Waals surface area contributed by atoms with Gasteiger partial charge >= 0.3 is 18.6 Å². The average Bonchev–Trinajstić information content (AvgIpc) is 4.04. The van der Waals surface area contributed by atoms with Gasteiger partial charge in [-0.2, -0.15) is 13.5 Å². The summed E-state index contributed by atoms with van der Waals surface area (Å²) >= 11 is 12.8. The van der Waals surface area contributed by atoms with Crippen LogP contribution in [0.4, 0.5) is 14.5 Å². The van der Waals surface area contributed by atoms with Crippen LogP contribution in [0.25, 0.3) is 0 Å². The lowest BCUT2D eigenvalue weighted by molar-refractivity contribution is -0.605. The number of anilines is 1. The number of nitrogens with one attached hydrogen (secondary N) is 1. The van der Waals surface area contributed by atoms with Gasteiger partial charge in [0.05, 0.1) is 25.9 Å². The highest BCUT2D eigenvalue weighted by molar-refractivity contribution is 6.35. The van der Waals surface area contributed by atoms with E-state index in [9.17, 15) is 23.6 Å². The first-order valence-corrected chi connectivity index (χ1v) is 19.6. The quantitative estimate of drug-likeness (QED) is 0.0593. The maximum absolute atomic E-state index is 13.8. The molecule has 3 aromatic carbocycles. The molecule has 4 aromatic rings. The summed E-state index contributed by atoms with van der Waals surface area (Å²) in [5.74, 6) is -0.109. The van der Waals surface area contributed by atoms with Crippen molar-refractivity contribution in [2.45, 2.75) is 57.8 Å². The number of alkyl halides is 2.